The van der Waals surface area contributed by atoms with Gasteiger partial charge in [-0.2, -0.15) is 4.37 Å². The van der Waals surface area contributed by atoms with Crippen molar-refractivity contribution in [2.75, 3.05) is 18.0 Å². The second-order valence-electron chi connectivity index (χ2n) is 6.76. The molecule has 0 amide bonds. The molecule has 2 aromatic heterocycles. The summed E-state index contributed by atoms with van der Waals surface area (Å²) in [6.45, 7) is 6.21. The third kappa shape index (κ3) is 3.72. The summed E-state index contributed by atoms with van der Waals surface area (Å²) in [6.07, 6.45) is 5.98. The number of anilines is 1. The summed E-state index contributed by atoms with van der Waals surface area (Å²) in [7, 11) is 1.93. The van der Waals surface area contributed by atoms with E-state index in [0.717, 1.165) is 49.1 Å². The van der Waals surface area contributed by atoms with Gasteiger partial charge in [0.05, 0.1) is 0 Å². The standard InChI is InChI=1S/C16H25N5OS/c1-11(2)10-13-18-16(23-19-13)21-7-4-12(5-8-21)14(22)15-17-6-9-20(15)3/h6,9,11-12,14,22H,4-5,7-8,10H2,1-3H3/t14-/m1/s1. The van der Waals surface area contributed by atoms with E-state index < -0.39 is 6.10 Å². The highest BCUT2D eigenvalue weighted by Crippen LogP contribution is 2.32. The van der Waals surface area contributed by atoms with Gasteiger partial charge in [-0.15, -0.1) is 0 Å². The van der Waals surface area contributed by atoms with E-state index in [0.29, 0.717) is 5.92 Å². The van der Waals surface area contributed by atoms with Crippen LogP contribution in [0.1, 0.15) is 44.4 Å². The first-order valence-corrected chi connectivity index (χ1v) is 9.04. The van der Waals surface area contributed by atoms with Crippen molar-refractivity contribution < 1.29 is 5.11 Å². The van der Waals surface area contributed by atoms with Gasteiger partial charge in [0.1, 0.15) is 17.8 Å². The molecule has 0 unspecified atom stereocenters. The number of aliphatic hydroxyl groups is 1. The molecule has 0 aromatic carbocycles. The average Bonchev–Trinajstić information content (AvgIpc) is 3.15. The van der Waals surface area contributed by atoms with Gasteiger partial charge < -0.3 is 14.6 Å². The number of piperidine rings is 1. The molecule has 23 heavy (non-hydrogen) atoms. The van der Waals surface area contributed by atoms with Crippen LogP contribution in [0.15, 0.2) is 12.4 Å². The van der Waals surface area contributed by atoms with Crippen molar-refractivity contribution in [3.8, 4) is 0 Å². The van der Waals surface area contributed by atoms with E-state index in [2.05, 4.69) is 33.1 Å². The van der Waals surface area contributed by atoms with Gasteiger partial charge in [0.25, 0.3) is 0 Å². The van der Waals surface area contributed by atoms with Gasteiger partial charge in [0.15, 0.2) is 0 Å². The summed E-state index contributed by atoms with van der Waals surface area (Å²) in [5.74, 6) is 2.56. The average molecular weight is 335 g/mol. The molecule has 126 valence electrons. The fraction of sp³-hybridized carbons (Fsp3) is 0.688. The molecule has 0 radical (unpaired) electrons. The van der Waals surface area contributed by atoms with Crippen molar-refractivity contribution >= 4 is 16.7 Å². The maximum absolute atomic E-state index is 10.5. The number of aryl methyl sites for hydroxylation is 1. The molecule has 3 heterocycles. The number of hydrogen-bond donors (Lipinski definition) is 1. The molecule has 0 saturated carbocycles. The molecule has 1 N–H and O–H groups in total. The minimum absolute atomic E-state index is 0.260. The lowest BCUT2D eigenvalue weighted by atomic mass is 9.91. The van der Waals surface area contributed by atoms with Crippen molar-refractivity contribution in [3.05, 3.63) is 24.0 Å². The van der Waals surface area contributed by atoms with E-state index in [-0.39, 0.29) is 5.92 Å². The minimum Gasteiger partial charge on any atom is -0.385 e. The molecule has 1 fully saturated rings. The van der Waals surface area contributed by atoms with E-state index in [9.17, 15) is 5.11 Å². The topological polar surface area (TPSA) is 67.1 Å². The lowest BCUT2D eigenvalue weighted by Crippen LogP contribution is -2.36. The third-order valence-corrected chi connectivity index (χ3v) is 5.24. The largest absolute Gasteiger partial charge is 0.385 e. The van der Waals surface area contributed by atoms with Gasteiger partial charge in [0, 0.05) is 50.5 Å². The number of rotatable bonds is 5. The molecule has 0 aliphatic carbocycles. The van der Waals surface area contributed by atoms with Gasteiger partial charge >= 0.3 is 0 Å². The van der Waals surface area contributed by atoms with Crippen LogP contribution in [0.3, 0.4) is 0 Å². The Kier molecular flexibility index (Phi) is 4.96. The predicted octanol–water partition coefficient (Wildman–Crippen LogP) is 2.42. The van der Waals surface area contributed by atoms with Crippen molar-refractivity contribution in [1.29, 1.82) is 0 Å². The van der Waals surface area contributed by atoms with Crippen LogP contribution < -0.4 is 4.90 Å². The van der Waals surface area contributed by atoms with Crippen LogP contribution >= 0.6 is 11.5 Å². The monoisotopic (exact) mass is 335 g/mol. The molecule has 1 aliphatic heterocycles. The van der Waals surface area contributed by atoms with Crippen LogP contribution in [0.5, 0.6) is 0 Å². The molecule has 2 aromatic rings. The van der Waals surface area contributed by atoms with Gasteiger partial charge in [0.2, 0.25) is 5.13 Å². The summed E-state index contributed by atoms with van der Waals surface area (Å²) < 4.78 is 6.37. The summed E-state index contributed by atoms with van der Waals surface area (Å²) in [6, 6.07) is 0. The van der Waals surface area contributed by atoms with Crippen LogP contribution in [0.4, 0.5) is 5.13 Å². The summed E-state index contributed by atoms with van der Waals surface area (Å²) >= 11 is 1.49. The Bertz CT molecular complexity index is 630. The van der Waals surface area contributed by atoms with Crippen molar-refractivity contribution in [1.82, 2.24) is 18.9 Å². The Morgan fingerprint density at radius 1 is 1.35 bits per heavy atom. The molecular formula is C16H25N5OS. The Morgan fingerprint density at radius 2 is 2.09 bits per heavy atom. The highest BCUT2D eigenvalue weighted by Gasteiger charge is 2.29. The normalized spacial score (nSPS) is 17.9. The molecule has 3 rings (SSSR count). The summed E-state index contributed by atoms with van der Waals surface area (Å²) in [5.41, 5.74) is 0. The molecule has 0 spiro atoms. The van der Waals surface area contributed by atoms with Crippen molar-refractivity contribution in [3.63, 3.8) is 0 Å². The van der Waals surface area contributed by atoms with E-state index >= 15 is 0 Å². The fourth-order valence-electron chi connectivity index (χ4n) is 3.10. The first-order chi connectivity index (χ1) is 11.0. The van der Waals surface area contributed by atoms with Gasteiger partial charge in [-0.3, -0.25) is 0 Å². The molecule has 7 heteroatoms. The highest BCUT2D eigenvalue weighted by atomic mass is 32.1. The van der Waals surface area contributed by atoms with E-state index in [4.69, 9.17) is 0 Å². The van der Waals surface area contributed by atoms with Crippen LogP contribution in [-0.2, 0) is 13.5 Å². The third-order valence-electron chi connectivity index (χ3n) is 4.43. The van der Waals surface area contributed by atoms with Crippen LogP contribution in [-0.4, -0.2) is 37.1 Å². The highest BCUT2D eigenvalue weighted by molar-refractivity contribution is 7.09. The summed E-state index contributed by atoms with van der Waals surface area (Å²) in [5, 5.41) is 11.6. The zero-order valence-corrected chi connectivity index (χ0v) is 14.8. The molecule has 1 atom stereocenters. The minimum atomic E-state index is -0.483. The zero-order chi connectivity index (χ0) is 16.4. The molecule has 1 aliphatic rings. The lowest BCUT2D eigenvalue weighted by Gasteiger charge is -2.33. The SMILES string of the molecule is CC(C)Cc1nsc(N2CCC([C@@H](O)c3nccn3C)CC2)n1. The molecule has 1 saturated heterocycles. The molecule has 0 bridgehead atoms. The van der Waals surface area contributed by atoms with Crippen LogP contribution in [0, 0.1) is 11.8 Å². The first-order valence-electron chi connectivity index (χ1n) is 8.27. The van der Waals surface area contributed by atoms with E-state index in [1.165, 1.54) is 11.5 Å². The van der Waals surface area contributed by atoms with Crippen LogP contribution in [0.25, 0.3) is 0 Å². The smallest absolute Gasteiger partial charge is 0.205 e. The van der Waals surface area contributed by atoms with Crippen LogP contribution in [0.2, 0.25) is 0 Å². The van der Waals surface area contributed by atoms with E-state index in [1.807, 2.05) is 17.8 Å². The first kappa shape index (κ1) is 16.4. The summed E-state index contributed by atoms with van der Waals surface area (Å²) in [4.78, 5) is 11.2. The van der Waals surface area contributed by atoms with Crippen molar-refractivity contribution in [2.45, 2.75) is 39.2 Å². The fourth-order valence-corrected chi connectivity index (χ4v) is 3.85. The van der Waals surface area contributed by atoms with Gasteiger partial charge in [-0.05, 0) is 24.7 Å². The van der Waals surface area contributed by atoms with Gasteiger partial charge in [-0.25, -0.2) is 9.97 Å². The Labute approximate surface area is 141 Å². The number of nitrogens with zero attached hydrogens (tertiary/aromatic N) is 5. The van der Waals surface area contributed by atoms with Crippen molar-refractivity contribution in [2.24, 2.45) is 18.9 Å². The second kappa shape index (κ2) is 6.97. The lowest BCUT2D eigenvalue weighted by molar-refractivity contribution is 0.0825. The Morgan fingerprint density at radius 3 is 2.70 bits per heavy atom. The predicted molar refractivity (Wildman–Crippen MR) is 91.6 cm³/mol. The van der Waals surface area contributed by atoms with Gasteiger partial charge in [-0.1, -0.05) is 13.8 Å². The van der Waals surface area contributed by atoms with E-state index in [1.54, 1.807) is 6.20 Å². The maximum atomic E-state index is 10.5. The molecular weight excluding hydrogens is 310 g/mol. The number of aromatic nitrogens is 4. The Hall–Kier alpha value is -1.47. The molecule has 6 nitrogen and oxygen atoms in total. The number of imidazole rings is 1. The quantitative estimate of drug-likeness (QED) is 0.909. The zero-order valence-electron chi connectivity index (χ0n) is 14.0. The number of aliphatic hydroxyl groups excluding tert-OH is 1. The maximum Gasteiger partial charge on any atom is 0.205 e. The number of hydrogen-bond acceptors (Lipinski definition) is 6. The Balaban J connectivity index is 1.58. The second-order valence-corrected chi connectivity index (χ2v) is 7.49.